The van der Waals surface area contributed by atoms with Gasteiger partial charge in [-0.3, -0.25) is 0 Å². The Hall–Kier alpha value is -0.760. The molecule has 1 fully saturated rings. The number of aryl methyl sites for hydroxylation is 1. The van der Waals surface area contributed by atoms with E-state index in [-0.39, 0.29) is 0 Å². The summed E-state index contributed by atoms with van der Waals surface area (Å²) < 4.78 is 2.23. The van der Waals surface area contributed by atoms with Crippen LogP contribution in [0.15, 0.2) is 18.3 Å². The van der Waals surface area contributed by atoms with E-state index in [1.165, 1.54) is 25.1 Å². The molecule has 1 aliphatic rings. The fourth-order valence-corrected chi connectivity index (χ4v) is 2.00. The van der Waals surface area contributed by atoms with Gasteiger partial charge in [0.25, 0.3) is 0 Å². The smallest absolute Gasteiger partial charge is 0.0215 e. The molecule has 0 aromatic carbocycles. The van der Waals surface area contributed by atoms with Gasteiger partial charge < -0.3 is 9.88 Å². The fraction of sp³-hybridized carbons (Fsp3) is 0.600. The van der Waals surface area contributed by atoms with Gasteiger partial charge in [0.15, 0.2) is 0 Å². The lowest BCUT2D eigenvalue weighted by atomic mass is 9.96. The Morgan fingerprint density at radius 2 is 2.50 bits per heavy atom. The van der Waals surface area contributed by atoms with Crippen LogP contribution < -0.4 is 5.32 Å². The van der Waals surface area contributed by atoms with Crippen LogP contribution in [0.25, 0.3) is 0 Å². The second-order valence-electron chi connectivity index (χ2n) is 3.59. The highest BCUT2D eigenvalue weighted by Gasteiger charge is 2.16. The Labute approximate surface area is 73.6 Å². The van der Waals surface area contributed by atoms with Crippen molar-refractivity contribution in [3.8, 4) is 0 Å². The van der Waals surface area contributed by atoms with Gasteiger partial charge in [-0.2, -0.15) is 0 Å². The number of nitrogens with one attached hydrogen (secondary N) is 1. The van der Waals surface area contributed by atoms with Crippen molar-refractivity contribution >= 4 is 0 Å². The van der Waals surface area contributed by atoms with Crippen molar-refractivity contribution in [2.45, 2.75) is 18.8 Å². The first kappa shape index (κ1) is 7.87. The summed E-state index contributed by atoms with van der Waals surface area (Å²) in [6.07, 6.45) is 4.78. The summed E-state index contributed by atoms with van der Waals surface area (Å²) in [6, 6.07) is 4.36. The van der Waals surface area contributed by atoms with Crippen LogP contribution >= 0.6 is 0 Å². The average Bonchev–Trinajstić information content (AvgIpc) is 2.53. The molecule has 2 rings (SSSR count). The molecule has 0 saturated carbocycles. The minimum absolute atomic E-state index is 0.735. The van der Waals surface area contributed by atoms with E-state index in [1.807, 2.05) is 0 Å². The Balaban J connectivity index is 2.13. The van der Waals surface area contributed by atoms with Crippen molar-refractivity contribution in [3.63, 3.8) is 0 Å². The first-order valence-electron chi connectivity index (χ1n) is 4.70. The Kier molecular flexibility index (Phi) is 2.17. The number of piperidine rings is 1. The third kappa shape index (κ3) is 1.39. The molecular weight excluding hydrogens is 148 g/mol. The van der Waals surface area contributed by atoms with Gasteiger partial charge in [-0.1, -0.05) is 0 Å². The molecule has 66 valence electrons. The van der Waals surface area contributed by atoms with Gasteiger partial charge in [-0.25, -0.2) is 0 Å². The van der Waals surface area contributed by atoms with Crippen LogP contribution in [0.2, 0.25) is 0 Å². The molecule has 0 bridgehead atoms. The quantitative estimate of drug-likeness (QED) is 0.665. The normalized spacial score (nSPS) is 24.2. The molecule has 1 aromatic rings. The first-order chi connectivity index (χ1) is 5.88. The first-order valence-corrected chi connectivity index (χ1v) is 4.70. The largest absolute Gasteiger partial charge is 0.354 e. The predicted molar refractivity (Wildman–Crippen MR) is 50.3 cm³/mol. The van der Waals surface area contributed by atoms with Gasteiger partial charge in [0, 0.05) is 31.4 Å². The molecule has 1 atom stereocenters. The van der Waals surface area contributed by atoms with E-state index in [9.17, 15) is 0 Å². The van der Waals surface area contributed by atoms with Crippen LogP contribution in [-0.2, 0) is 7.05 Å². The zero-order chi connectivity index (χ0) is 8.39. The molecule has 1 aliphatic heterocycles. The molecule has 1 aromatic heterocycles. The number of nitrogens with zero attached hydrogens (tertiary/aromatic N) is 1. The molecule has 1 saturated heterocycles. The zero-order valence-corrected chi connectivity index (χ0v) is 7.59. The summed E-state index contributed by atoms with van der Waals surface area (Å²) in [4.78, 5) is 0. The summed E-state index contributed by atoms with van der Waals surface area (Å²) in [5.41, 5.74) is 1.47. The molecule has 0 spiro atoms. The highest BCUT2D eigenvalue weighted by Crippen LogP contribution is 2.22. The minimum Gasteiger partial charge on any atom is -0.354 e. The molecule has 1 unspecified atom stereocenters. The topological polar surface area (TPSA) is 17.0 Å². The summed E-state index contributed by atoms with van der Waals surface area (Å²) >= 11 is 0. The molecule has 2 nitrogen and oxygen atoms in total. The van der Waals surface area contributed by atoms with Crippen LogP contribution in [0.3, 0.4) is 0 Å². The predicted octanol–water partition coefficient (Wildman–Crippen LogP) is 1.49. The van der Waals surface area contributed by atoms with Crippen molar-refractivity contribution in [3.05, 3.63) is 24.0 Å². The van der Waals surface area contributed by atoms with Crippen LogP contribution in [0, 0.1) is 0 Å². The molecule has 2 heterocycles. The van der Waals surface area contributed by atoms with Crippen molar-refractivity contribution in [2.75, 3.05) is 13.1 Å². The minimum atomic E-state index is 0.735. The monoisotopic (exact) mass is 164 g/mol. The Bertz CT molecular complexity index is 246. The summed E-state index contributed by atoms with van der Waals surface area (Å²) in [6.45, 7) is 2.35. The zero-order valence-electron chi connectivity index (χ0n) is 7.59. The second kappa shape index (κ2) is 3.31. The lowest BCUT2D eigenvalue weighted by Crippen LogP contribution is -2.29. The van der Waals surface area contributed by atoms with E-state index in [4.69, 9.17) is 0 Å². The number of rotatable bonds is 1. The molecule has 2 heteroatoms. The number of hydrogen-bond acceptors (Lipinski definition) is 1. The third-order valence-electron chi connectivity index (χ3n) is 2.70. The van der Waals surface area contributed by atoms with Gasteiger partial charge in [-0.05, 0) is 31.5 Å². The van der Waals surface area contributed by atoms with Gasteiger partial charge in [0.05, 0.1) is 0 Å². The van der Waals surface area contributed by atoms with E-state index in [1.54, 1.807) is 0 Å². The maximum absolute atomic E-state index is 3.44. The standard InChI is InChI=1S/C10H16N2/c1-12-7-3-5-10(12)9-4-2-6-11-8-9/h3,5,7,9,11H,2,4,6,8H2,1H3. The molecule has 0 aliphatic carbocycles. The summed E-state index contributed by atoms with van der Waals surface area (Å²) in [7, 11) is 2.13. The van der Waals surface area contributed by atoms with Crippen LogP contribution in [0.1, 0.15) is 24.5 Å². The van der Waals surface area contributed by atoms with Crippen molar-refractivity contribution in [1.29, 1.82) is 0 Å². The summed E-state index contributed by atoms with van der Waals surface area (Å²) in [5, 5.41) is 3.44. The average molecular weight is 164 g/mol. The molecule has 12 heavy (non-hydrogen) atoms. The van der Waals surface area contributed by atoms with Crippen molar-refractivity contribution in [2.24, 2.45) is 7.05 Å². The van der Waals surface area contributed by atoms with Crippen LogP contribution in [0.5, 0.6) is 0 Å². The highest BCUT2D eigenvalue weighted by molar-refractivity contribution is 5.13. The van der Waals surface area contributed by atoms with Crippen LogP contribution in [-0.4, -0.2) is 17.7 Å². The van der Waals surface area contributed by atoms with E-state index in [2.05, 4.69) is 35.3 Å². The maximum Gasteiger partial charge on any atom is 0.0215 e. The lowest BCUT2D eigenvalue weighted by molar-refractivity contribution is 0.447. The molecule has 0 amide bonds. The van der Waals surface area contributed by atoms with E-state index >= 15 is 0 Å². The second-order valence-corrected chi connectivity index (χ2v) is 3.59. The van der Waals surface area contributed by atoms with E-state index in [0.717, 1.165) is 12.5 Å². The summed E-state index contributed by atoms with van der Waals surface area (Å²) in [5.74, 6) is 0.735. The SMILES string of the molecule is Cn1cccc1C1CCCNC1. The Morgan fingerprint density at radius 3 is 3.08 bits per heavy atom. The molecular formula is C10H16N2. The Morgan fingerprint density at radius 1 is 1.58 bits per heavy atom. The van der Waals surface area contributed by atoms with Gasteiger partial charge in [-0.15, -0.1) is 0 Å². The number of aromatic nitrogens is 1. The highest BCUT2D eigenvalue weighted by atomic mass is 15.0. The lowest BCUT2D eigenvalue weighted by Gasteiger charge is -2.23. The van der Waals surface area contributed by atoms with Gasteiger partial charge in [0.2, 0.25) is 0 Å². The molecule has 1 N–H and O–H groups in total. The van der Waals surface area contributed by atoms with E-state index in [0.29, 0.717) is 0 Å². The fourth-order valence-electron chi connectivity index (χ4n) is 2.00. The van der Waals surface area contributed by atoms with E-state index < -0.39 is 0 Å². The van der Waals surface area contributed by atoms with Gasteiger partial charge >= 0.3 is 0 Å². The molecule has 0 radical (unpaired) electrons. The number of hydrogen-bond donors (Lipinski definition) is 1. The van der Waals surface area contributed by atoms with Crippen LogP contribution in [0.4, 0.5) is 0 Å². The third-order valence-corrected chi connectivity index (χ3v) is 2.70. The van der Waals surface area contributed by atoms with Gasteiger partial charge in [0.1, 0.15) is 0 Å². The maximum atomic E-state index is 3.44. The van der Waals surface area contributed by atoms with Crippen molar-refractivity contribution in [1.82, 2.24) is 9.88 Å². The van der Waals surface area contributed by atoms with Crippen molar-refractivity contribution < 1.29 is 0 Å².